The molecule has 0 saturated heterocycles. The van der Waals surface area contributed by atoms with Gasteiger partial charge < -0.3 is 15.3 Å². The molecule has 0 atom stereocenters. The average molecular weight is 284 g/mol. The van der Waals surface area contributed by atoms with Gasteiger partial charge in [0.1, 0.15) is 0 Å². The van der Waals surface area contributed by atoms with E-state index in [2.05, 4.69) is 4.72 Å². The molecule has 0 saturated carbocycles. The Morgan fingerprint density at radius 3 is 2.17 bits per heavy atom. The number of nitrogens with one attached hydrogen (secondary N) is 1. The highest BCUT2D eigenvalue weighted by Crippen LogP contribution is 2.11. The van der Waals surface area contributed by atoms with Crippen molar-refractivity contribution in [1.29, 1.82) is 0 Å². The van der Waals surface area contributed by atoms with Crippen LogP contribution >= 0.6 is 0 Å². The summed E-state index contributed by atoms with van der Waals surface area (Å²) in [6, 6.07) is 0. The van der Waals surface area contributed by atoms with Gasteiger partial charge in [-0.05, 0) is 6.42 Å². The minimum Gasteiger partial charge on any atom is -0.481 e. The lowest BCUT2D eigenvalue weighted by atomic mass is 10.0. The molecule has 4 N–H and O–H groups in total. The third-order valence-corrected chi connectivity index (χ3v) is 4.37. The number of carboxylic acid groups (broad SMARTS) is 1. The van der Waals surface area contributed by atoms with Crippen LogP contribution in [0.1, 0.15) is 19.8 Å². The molecule has 0 aromatic carbocycles. The predicted octanol–water partition coefficient (Wildman–Crippen LogP) is -1.64. The van der Waals surface area contributed by atoms with Crippen molar-refractivity contribution in [1.82, 2.24) is 9.03 Å². The van der Waals surface area contributed by atoms with Crippen LogP contribution < -0.4 is 4.72 Å². The second kappa shape index (κ2) is 7.00. The Balaban J connectivity index is 4.77. The molecule has 0 aromatic heterocycles. The second-order valence-electron chi connectivity index (χ2n) is 4.02. The Kier molecular flexibility index (Phi) is 6.71. The summed E-state index contributed by atoms with van der Waals surface area (Å²) in [5.74, 6) is -1.11. The third kappa shape index (κ3) is 4.86. The van der Waals surface area contributed by atoms with Crippen LogP contribution in [0.15, 0.2) is 0 Å². The summed E-state index contributed by atoms with van der Waals surface area (Å²) in [4.78, 5) is 10.4. The van der Waals surface area contributed by atoms with Crippen molar-refractivity contribution in [3.8, 4) is 0 Å². The van der Waals surface area contributed by atoms with E-state index in [-0.39, 0.29) is 19.4 Å². The molecule has 0 aromatic rings. The highest BCUT2D eigenvalue weighted by atomic mass is 32.2. The number of rotatable bonds is 9. The zero-order chi connectivity index (χ0) is 14.4. The monoisotopic (exact) mass is 284 g/mol. The normalized spacial score (nSPS) is 12.9. The van der Waals surface area contributed by atoms with Crippen molar-refractivity contribution >= 4 is 16.2 Å². The summed E-state index contributed by atoms with van der Waals surface area (Å²) in [5, 5.41) is 26.8. The van der Waals surface area contributed by atoms with Crippen LogP contribution in [0.5, 0.6) is 0 Å². The molecule has 0 radical (unpaired) electrons. The first-order valence-corrected chi connectivity index (χ1v) is 6.86. The van der Waals surface area contributed by atoms with Crippen molar-refractivity contribution in [2.24, 2.45) is 0 Å². The number of carboxylic acids is 1. The lowest BCUT2D eigenvalue weighted by Gasteiger charge is -2.31. The second-order valence-corrected chi connectivity index (χ2v) is 5.80. The Hall–Kier alpha value is -0.740. The van der Waals surface area contributed by atoms with E-state index in [1.165, 1.54) is 7.05 Å². The van der Waals surface area contributed by atoms with Gasteiger partial charge in [0.05, 0.1) is 25.2 Å². The van der Waals surface area contributed by atoms with Gasteiger partial charge in [0, 0.05) is 13.6 Å². The quantitative estimate of drug-likeness (QED) is 0.402. The average Bonchev–Trinajstić information content (AvgIpc) is 2.33. The fourth-order valence-corrected chi connectivity index (χ4v) is 2.44. The lowest BCUT2D eigenvalue weighted by Crippen LogP contribution is -2.57. The first-order valence-electron chi connectivity index (χ1n) is 5.41. The summed E-state index contributed by atoms with van der Waals surface area (Å²) >= 11 is 0. The highest BCUT2D eigenvalue weighted by Gasteiger charge is 2.33. The van der Waals surface area contributed by atoms with Crippen molar-refractivity contribution in [2.45, 2.75) is 25.3 Å². The smallest absolute Gasteiger partial charge is 0.304 e. The van der Waals surface area contributed by atoms with Crippen LogP contribution in [0, 0.1) is 0 Å². The molecule has 0 amide bonds. The van der Waals surface area contributed by atoms with Crippen molar-refractivity contribution < 1.29 is 28.5 Å². The van der Waals surface area contributed by atoms with Gasteiger partial charge in [-0.2, -0.15) is 17.4 Å². The van der Waals surface area contributed by atoms with E-state index >= 15 is 0 Å². The molecular weight excluding hydrogens is 264 g/mol. The van der Waals surface area contributed by atoms with Crippen LogP contribution in [0.2, 0.25) is 0 Å². The molecule has 0 aliphatic rings. The summed E-state index contributed by atoms with van der Waals surface area (Å²) in [6.07, 6.45) is -0.124. The van der Waals surface area contributed by atoms with Gasteiger partial charge in [0.2, 0.25) is 0 Å². The minimum absolute atomic E-state index is 0.193. The Labute approximate surface area is 106 Å². The Bertz CT molecular complexity index is 357. The van der Waals surface area contributed by atoms with Crippen LogP contribution in [-0.4, -0.2) is 66.4 Å². The molecule has 0 aliphatic heterocycles. The van der Waals surface area contributed by atoms with Gasteiger partial charge in [0.25, 0.3) is 10.2 Å². The first-order chi connectivity index (χ1) is 8.23. The number of aliphatic carboxylic acids is 1. The molecule has 0 spiro atoms. The minimum atomic E-state index is -3.95. The molecule has 9 heteroatoms. The third-order valence-electron chi connectivity index (χ3n) is 2.68. The van der Waals surface area contributed by atoms with E-state index in [9.17, 15) is 13.2 Å². The fraction of sp³-hybridized carbons (Fsp3) is 0.889. The van der Waals surface area contributed by atoms with Gasteiger partial charge in [-0.15, -0.1) is 0 Å². The fourth-order valence-electron chi connectivity index (χ4n) is 1.14. The zero-order valence-electron chi connectivity index (χ0n) is 10.5. The lowest BCUT2D eigenvalue weighted by molar-refractivity contribution is -0.137. The van der Waals surface area contributed by atoms with Crippen molar-refractivity contribution in [3.05, 3.63) is 0 Å². The van der Waals surface area contributed by atoms with Crippen LogP contribution in [0.4, 0.5) is 0 Å². The maximum absolute atomic E-state index is 11.8. The van der Waals surface area contributed by atoms with Gasteiger partial charge in [-0.3, -0.25) is 4.79 Å². The molecule has 0 unspecified atom stereocenters. The molecule has 0 fully saturated rings. The van der Waals surface area contributed by atoms with E-state index in [1.807, 2.05) is 0 Å². The number of nitrogens with zero attached hydrogens (tertiary/aromatic N) is 1. The summed E-state index contributed by atoms with van der Waals surface area (Å²) in [5.41, 5.74) is -1.34. The van der Waals surface area contributed by atoms with Crippen LogP contribution in [0.25, 0.3) is 0 Å². The Morgan fingerprint density at radius 2 is 1.83 bits per heavy atom. The molecule has 8 nitrogen and oxygen atoms in total. The topological polar surface area (TPSA) is 127 Å². The Morgan fingerprint density at radius 1 is 1.33 bits per heavy atom. The molecule has 18 heavy (non-hydrogen) atoms. The van der Waals surface area contributed by atoms with E-state index in [0.717, 1.165) is 4.31 Å². The molecule has 0 aliphatic carbocycles. The highest BCUT2D eigenvalue weighted by molar-refractivity contribution is 7.87. The van der Waals surface area contributed by atoms with Gasteiger partial charge >= 0.3 is 5.97 Å². The molecule has 0 bridgehead atoms. The van der Waals surface area contributed by atoms with E-state index in [4.69, 9.17) is 15.3 Å². The maximum atomic E-state index is 11.8. The van der Waals surface area contributed by atoms with Crippen LogP contribution in [0.3, 0.4) is 0 Å². The number of hydrogen-bond acceptors (Lipinski definition) is 5. The summed E-state index contributed by atoms with van der Waals surface area (Å²) in [7, 11) is -2.73. The zero-order valence-corrected chi connectivity index (χ0v) is 11.3. The van der Waals surface area contributed by atoms with Crippen molar-refractivity contribution in [2.75, 3.05) is 26.8 Å². The SMILES string of the molecule is CCC(CO)(CO)NS(=O)(=O)N(C)CCC(=O)O. The van der Waals surface area contributed by atoms with E-state index < -0.39 is 34.9 Å². The van der Waals surface area contributed by atoms with Gasteiger partial charge in [0.15, 0.2) is 0 Å². The van der Waals surface area contributed by atoms with Gasteiger partial charge in [-0.1, -0.05) is 6.92 Å². The van der Waals surface area contributed by atoms with E-state index in [0.29, 0.717) is 0 Å². The van der Waals surface area contributed by atoms with E-state index in [1.54, 1.807) is 6.92 Å². The number of hydrogen-bond donors (Lipinski definition) is 4. The standard InChI is InChI=1S/C9H20N2O6S/c1-3-9(6-12,7-13)10-18(16,17)11(2)5-4-8(14)15/h10,12-13H,3-7H2,1-2H3,(H,14,15). The largest absolute Gasteiger partial charge is 0.481 e. The molecule has 108 valence electrons. The summed E-state index contributed by atoms with van der Waals surface area (Å²) in [6.45, 7) is 0.325. The van der Waals surface area contributed by atoms with Crippen molar-refractivity contribution in [3.63, 3.8) is 0 Å². The molecule has 0 heterocycles. The maximum Gasteiger partial charge on any atom is 0.304 e. The van der Waals surface area contributed by atoms with Crippen LogP contribution in [-0.2, 0) is 15.0 Å². The van der Waals surface area contributed by atoms with Gasteiger partial charge in [-0.25, -0.2) is 0 Å². The summed E-state index contributed by atoms with van der Waals surface area (Å²) < 4.78 is 26.7. The number of aliphatic hydroxyl groups is 2. The number of aliphatic hydroxyl groups excluding tert-OH is 2. The number of carbonyl (C=O) groups is 1. The predicted molar refractivity (Wildman–Crippen MR) is 64.1 cm³/mol. The molecule has 0 rings (SSSR count). The molecular formula is C9H20N2O6S. The first kappa shape index (κ1) is 17.3.